The Morgan fingerprint density at radius 3 is 2.83 bits per heavy atom. The molecular weight excluding hydrogens is 230 g/mol. The van der Waals surface area contributed by atoms with Crippen LogP contribution in [0.4, 0.5) is 0 Å². The molecule has 3 aliphatic rings. The van der Waals surface area contributed by atoms with Gasteiger partial charge < -0.3 is 14.4 Å². The number of hydrogen-bond acceptors (Lipinski definition) is 4. The molecule has 0 aromatic heterocycles. The highest BCUT2D eigenvalue weighted by Gasteiger charge is 2.45. The Bertz CT molecular complexity index is 327. The summed E-state index contributed by atoms with van der Waals surface area (Å²) in [5, 5.41) is 0. The fourth-order valence-electron chi connectivity index (χ4n) is 3.40. The van der Waals surface area contributed by atoms with Crippen molar-refractivity contribution in [2.45, 2.75) is 43.8 Å². The lowest BCUT2D eigenvalue weighted by Crippen LogP contribution is -2.51. The Hall–Kier alpha value is -0.450. The molecule has 1 spiro atoms. The first kappa shape index (κ1) is 12.6. The van der Waals surface area contributed by atoms with Gasteiger partial charge in [-0.05, 0) is 39.2 Å². The summed E-state index contributed by atoms with van der Waals surface area (Å²) in [4.78, 5) is 14.7. The van der Waals surface area contributed by atoms with Crippen molar-refractivity contribution in [3.05, 3.63) is 0 Å². The maximum atomic E-state index is 12.5. The lowest BCUT2D eigenvalue weighted by Gasteiger charge is -2.47. The van der Waals surface area contributed by atoms with E-state index in [0.717, 1.165) is 45.4 Å². The third-order valence-electron chi connectivity index (χ3n) is 4.75. The number of rotatable bonds is 2. The van der Waals surface area contributed by atoms with E-state index in [1.807, 2.05) is 0 Å². The van der Waals surface area contributed by atoms with E-state index < -0.39 is 0 Å². The van der Waals surface area contributed by atoms with Crippen molar-refractivity contribution in [2.24, 2.45) is 5.92 Å². The minimum absolute atomic E-state index is 0.0547. The van der Waals surface area contributed by atoms with Crippen molar-refractivity contribution in [3.63, 3.8) is 0 Å². The van der Waals surface area contributed by atoms with Gasteiger partial charge in [-0.15, -0.1) is 0 Å². The van der Waals surface area contributed by atoms with Crippen LogP contribution < -0.4 is 0 Å². The summed E-state index contributed by atoms with van der Waals surface area (Å²) in [6, 6.07) is 0. The number of Topliss-reactive ketones (excluding diaryl/α,β-unsaturated/α-hetero) is 1. The van der Waals surface area contributed by atoms with Crippen LogP contribution in [-0.2, 0) is 14.3 Å². The number of nitrogens with zero attached hydrogens (tertiary/aromatic N) is 1. The molecule has 2 atom stereocenters. The van der Waals surface area contributed by atoms with Gasteiger partial charge in [-0.3, -0.25) is 4.79 Å². The highest BCUT2D eigenvalue weighted by atomic mass is 16.5. The van der Waals surface area contributed by atoms with Gasteiger partial charge in [-0.25, -0.2) is 0 Å². The second-order valence-corrected chi connectivity index (χ2v) is 6.10. The van der Waals surface area contributed by atoms with Crippen molar-refractivity contribution in [1.29, 1.82) is 0 Å². The normalized spacial score (nSPS) is 36.3. The van der Waals surface area contributed by atoms with Crippen molar-refractivity contribution >= 4 is 5.78 Å². The predicted molar refractivity (Wildman–Crippen MR) is 67.5 cm³/mol. The molecule has 2 heterocycles. The fourth-order valence-corrected chi connectivity index (χ4v) is 3.40. The molecule has 2 saturated heterocycles. The summed E-state index contributed by atoms with van der Waals surface area (Å²) in [7, 11) is 2.06. The molecule has 1 aliphatic carbocycles. The molecule has 0 radical (unpaired) electrons. The average Bonchev–Trinajstić information content (AvgIpc) is 2.36. The van der Waals surface area contributed by atoms with Crippen LogP contribution in [0, 0.1) is 5.92 Å². The zero-order valence-electron chi connectivity index (χ0n) is 11.2. The molecule has 0 aromatic carbocycles. The molecule has 0 N–H and O–H groups in total. The number of ether oxygens (including phenoxy) is 2. The minimum Gasteiger partial charge on any atom is -0.375 e. The molecular formula is C14H23NO3. The molecule has 2 aliphatic heterocycles. The number of carbonyl (C=O) groups excluding carboxylic acids is 1. The van der Waals surface area contributed by atoms with Gasteiger partial charge >= 0.3 is 0 Å². The first-order chi connectivity index (χ1) is 8.69. The maximum Gasteiger partial charge on any atom is 0.166 e. The Morgan fingerprint density at radius 1 is 1.33 bits per heavy atom. The Balaban J connectivity index is 1.61. The topological polar surface area (TPSA) is 38.8 Å². The molecule has 2 unspecified atom stereocenters. The number of hydrogen-bond donors (Lipinski definition) is 0. The third kappa shape index (κ3) is 2.33. The third-order valence-corrected chi connectivity index (χ3v) is 4.75. The summed E-state index contributed by atoms with van der Waals surface area (Å²) in [6.45, 7) is 3.12. The van der Waals surface area contributed by atoms with E-state index in [1.165, 1.54) is 6.42 Å². The predicted octanol–water partition coefficient (Wildman–Crippen LogP) is 1.24. The van der Waals surface area contributed by atoms with Gasteiger partial charge in [0.15, 0.2) is 5.78 Å². The molecule has 4 nitrogen and oxygen atoms in total. The number of likely N-dealkylation sites (N-methyl/N-ethyl adjacent to an activating group) is 1. The quantitative estimate of drug-likeness (QED) is 0.742. The smallest absolute Gasteiger partial charge is 0.166 e. The second kappa shape index (κ2) is 4.91. The summed E-state index contributed by atoms with van der Waals surface area (Å²) >= 11 is 0. The molecule has 0 amide bonds. The SMILES string of the molecule is CN1CCOC(C(=O)C2CCOC3(CCC3)C2)C1. The Morgan fingerprint density at radius 2 is 2.17 bits per heavy atom. The van der Waals surface area contributed by atoms with Gasteiger partial charge in [0.1, 0.15) is 6.10 Å². The molecule has 4 heteroatoms. The molecule has 0 bridgehead atoms. The van der Waals surface area contributed by atoms with E-state index in [9.17, 15) is 4.79 Å². The molecule has 0 aromatic rings. The van der Waals surface area contributed by atoms with Crippen LogP contribution in [0.1, 0.15) is 32.1 Å². The fraction of sp³-hybridized carbons (Fsp3) is 0.929. The van der Waals surface area contributed by atoms with Gasteiger partial charge in [0.25, 0.3) is 0 Å². The van der Waals surface area contributed by atoms with E-state index in [-0.39, 0.29) is 17.6 Å². The monoisotopic (exact) mass is 253 g/mol. The summed E-state index contributed by atoms with van der Waals surface area (Å²) in [6.07, 6.45) is 5.14. The molecule has 3 fully saturated rings. The Labute approximate surface area is 109 Å². The maximum absolute atomic E-state index is 12.5. The van der Waals surface area contributed by atoms with E-state index in [0.29, 0.717) is 12.4 Å². The van der Waals surface area contributed by atoms with Gasteiger partial charge in [-0.1, -0.05) is 0 Å². The summed E-state index contributed by atoms with van der Waals surface area (Å²) in [5.41, 5.74) is 0.0547. The van der Waals surface area contributed by atoms with Crippen LogP contribution in [0.3, 0.4) is 0 Å². The van der Waals surface area contributed by atoms with Gasteiger partial charge in [-0.2, -0.15) is 0 Å². The van der Waals surface area contributed by atoms with Crippen LogP contribution in [0.15, 0.2) is 0 Å². The zero-order chi connectivity index (χ0) is 12.6. The molecule has 18 heavy (non-hydrogen) atoms. The van der Waals surface area contributed by atoms with E-state index in [1.54, 1.807) is 0 Å². The van der Waals surface area contributed by atoms with Crippen molar-refractivity contribution < 1.29 is 14.3 Å². The number of morpholine rings is 1. The molecule has 1 saturated carbocycles. The molecule has 3 rings (SSSR count). The second-order valence-electron chi connectivity index (χ2n) is 6.10. The lowest BCUT2D eigenvalue weighted by molar-refractivity contribution is -0.164. The lowest BCUT2D eigenvalue weighted by atomic mass is 9.70. The van der Waals surface area contributed by atoms with Crippen molar-refractivity contribution in [2.75, 3.05) is 33.4 Å². The highest BCUT2D eigenvalue weighted by Crippen LogP contribution is 2.44. The van der Waals surface area contributed by atoms with Gasteiger partial charge in [0.05, 0.1) is 12.2 Å². The number of carbonyl (C=O) groups is 1. The largest absolute Gasteiger partial charge is 0.375 e. The van der Waals surface area contributed by atoms with Crippen molar-refractivity contribution in [3.8, 4) is 0 Å². The van der Waals surface area contributed by atoms with Gasteiger partial charge in [0, 0.05) is 25.6 Å². The molecule has 102 valence electrons. The minimum atomic E-state index is -0.205. The van der Waals surface area contributed by atoms with Crippen LogP contribution >= 0.6 is 0 Å². The Kier molecular flexibility index (Phi) is 3.43. The van der Waals surface area contributed by atoms with E-state index >= 15 is 0 Å². The summed E-state index contributed by atoms with van der Waals surface area (Å²) in [5.74, 6) is 0.478. The number of ketones is 1. The summed E-state index contributed by atoms with van der Waals surface area (Å²) < 4.78 is 11.5. The van der Waals surface area contributed by atoms with Crippen LogP contribution in [0.5, 0.6) is 0 Å². The first-order valence-electron chi connectivity index (χ1n) is 7.16. The van der Waals surface area contributed by atoms with Crippen LogP contribution in [0.2, 0.25) is 0 Å². The van der Waals surface area contributed by atoms with E-state index in [4.69, 9.17) is 9.47 Å². The van der Waals surface area contributed by atoms with Crippen LogP contribution in [-0.4, -0.2) is 55.7 Å². The zero-order valence-corrected chi connectivity index (χ0v) is 11.2. The van der Waals surface area contributed by atoms with Gasteiger partial charge in [0.2, 0.25) is 0 Å². The standard InChI is InChI=1S/C14H23NO3/c1-15-6-8-17-12(10-15)13(16)11-3-7-18-14(9-11)4-2-5-14/h11-12H,2-10H2,1H3. The van der Waals surface area contributed by atoms with E-state index in [2.05, 4.69) is 11.9 Å². The highest BCUT2D eigenvalue weighted by molar-refractivity contribution is 5.86. The average molecular weight is 253 g/mol. The first-order valence-corrected chi connectivity index (χ1v) is 7.16. The van der Waals surface area contributed by atoms with Crippen LogP contribution in [0.25, 0.3) is 0 Å². The van der Waals surface area contributed by atoms with Crippen molar-refractivity contribution in [1.82, 2.24) is 4.90 Å².